The number of fused-ring (bicyclic) bond motifs is 1. The van der Waals surface area contributed by atoms with Gasteiger partial charge in [-0.25, -0.2) is 4.98 Å². The molecule has 0 radical (unpaired) electrons. The summed E-state index contributed by atoms with van der Waals surface area (Å²) in [5.74, 6) is 0.704. The summed E-state index contributed by atoms with van der Waals surface area (Å²) in [5.41, 5.74) is 3.66. The number of rotatable bonds is 8. The third-order valence-corrected chi connectivity index (χ3v) is 6.22. The van der Waals surface area contributed by atoms with Crippen molar-refractivity contribution in [2.75, 3.05) is 19.6 Å². The molecule has 0 spiro atoms. The smallest absolute Gasteiger partial charge is 0.268 e. The van der Waals surface area contributed by atoms with Gasteiger partial charge in [-0.05, 0) is 68.1 Å². The minimum Gasteiger partial charge on any atom is -0.350 e. The number of likely N-dealkylation sites (tertiary alicyclic amines) is 1. The molecule has 3 heterocycles. The van der Waals surface area contributed by atoms with Gasteiger partial charge in [-0.2, -0.15) is 0 Å². The highest BCUT2D eigenvalue weighted by molar-refractivity contribution is 6.30. The summed E-state index contributed by atoms with van der Waals surface area (Å²) in [6, 6.07) is 13.7. The van der Waals surface area contributed by atoms with E-state index in [0.717, 1.165) is 42.4 Å². The molecule has 0 saturated carbocycles. The third-order valence-electron chi connectivity index (χ3n) is 5.97. The maximum Gasteiger partial charge on any atom is 0.268 e. The average molecular weight is 439 g/mol. The van der Waals surface area contributed by atoms with E-state index in [-0.39, 0.29) is 11.8 Å². The van der Waals surface area contributed by atoms with Gasteiger partial charge in [0, 0.05) is 30.2 Å². The normalized spacial score (nSPS) is 15.6. The lowest BCUT2D eigenvalue weighted by molar-refractivity contribution is 0.0943. The summed E-state index contributed by atoms with van der Waals surface area (Å²) in [6.07, 6.45) is 5.52. The molecular formula is C25H31ClN4O. The molecule has 1 saturated heterocycles. The summed E-state index contributed by atoms with van der Waals surface area (Å²) < 4.78 is 1.92. The van der Waals surface area contributed by atoms with Gasteiger partial charge < -0.3 is 5.32 Å². The third kappa shape index (κ3) is 5.46. The summed E-state index contributed by atoms with van der Waals surface area (Å²) in [6.45, 7) is 8.10. The van der Waals surface area contributed by atoms with Crippen molar-refractivity contribution >= 4 is 23.2 Å². The molecule has 3 aromatic rings. The van der Waals surface area contributed by atoms with Crippen molar-refractivity contribution in [2.24, 2.45) is 5.92 Å². The second kappa shape index (κ2) is 9.84. The van der Waals surface area contributed by atoms with Crippen molar-refractivity contribution in [3.63, 3.8) is 0 Å². The maximum atomic E-state index is 13.1. The first kappa shape index (κ1) is 21.8. The number of hydrogen-bond acceptors (Lipinski definition) is 3. The lowest BCUT2D eigenvalue weighted by Crippen LogP contribution is -2.30. The Kier molecular flexibility index (Phi) is 6.93. The first-order valence-electron chi connectivity index (χ1n) is 11.2. The van der Waals surface area contributed by atoms with Crippen LogP contribution in [0.2, 0.25) is 5.02 Å². The summed E-state index contributed by atoms with van der Waals surface area (Å²) in [7, 11) is 0. The standard InChI is InChI=1S/C25H31ClN4O/c1-18(2)14-20(19-8-10-21(26)11-9-19)15-27-25(31)23-6-5-7-24-28-22(17-30(23)24)16-29-12-3-4-13-29/h5-11,17-18,20H,3-4,12-16H2,1-2H3,(H,27,31). The van der Waals surface area contributed by atoms with Crippen LogP contribution in [-0.4, -0.2) is 39.8 Å². The Morgan fingerprint density at radius 1 is 1.13 bits per heavy atom. The van der Waals surface area contributed by atoms with Crippen LogP contribution in [0.25, 0.3) is 5.65 Å². The van der Waals surface area contributed by atoms with E-state index in [1.165, 1.54) is 18.4 Å². The lowest BCUT2D eigenvalue weighted by Gasteiger charge is -2.20. The first-order valence-corrected chi connectivity index (χ1v) is 11.6. The number of hydrogen-bond donors (Lipinski definition) is 1. The van der Waals surface area contributed by atoms with E-state index >= 15 is 0 Å². The second-order valence-electron chi connectivity index (χ2n) is 8.94. The summed E-state index contributed by atoms with van der Waals surface area (Å²) in [5, 5.41) is 3.89. The van der Waals surface area contributed by atoms with Gasteiger partial charge in [0.1, 0.15) is 11.3 Å². The molecule has 1 N–H and O–H groups in total. The largest absolute Gasteiger partial charge is 0.350 e. The lowest BCUT2D eigenvalue weighted by atomic mass is 9.90. The summed E-state index contributed by atoms with van der Waals surface area (Å²) >= 11 is 6.06. The Balaban J connectivity index is 1.48. The molecule has 2 aromatic heterocycles. The Bertz CT molecular complexity index is 1020. The SMILES string of the molecule is CC(C)CC(CNC(=O)c1cccc2nc(CN3CCCC3)cn12)c1ccc(Cl)cc1. The fraction of sp³-hybridized carbons (Fsp3) is 0.440. The number of halogens is 1. The van der Waals surface area contributed by atoms with Gasteiger partial charge >= 0.3 is 0 Å². The first-order chi connectivity index (χ1) is 15.0. The molecule has 1 fully saturated rings. The van der Waals surface area contributed by atoms with Crippen LogP contribution < -0.4 is 5.32 Å². The van der Waals surface area contributed by atoms with Crippen molar-refractivity contribution < 1.29 is 4.79 Å². The fourth-order valence-corrected chi connectivity index (χ4v) is 4.57. The van der Waals surface area contributed by atoms with Crippen molar-refractivity contribution in [1.82, 2.24) is 19.6 Å². The molecule has 6 heteroatoms. The average Bonchev–Trinajstić information content (AvgIpc) is 3.40. The number of nitrogens with one attached hydrogen (secondary N) is 1. The van der Waals surface area contributed by atoms with Crippen molar-refractivity contribution in [1.29, 1.82) is 0 Å². The minimum atomic E-state index is -0.0709. The number of imidazole rings is 1. The van der Waals surface area contributed by atoms with Crippen molar-refractivity contribution in [3.8, 4) is 0 Å². The predicted molar refractivity (Wildman–Crippen MR) is 126 cm³/mol. The quantitative estimate of drug-likeness (QED) is 0.529. The predicted octanol–water partition coefficient (Wildman–Crippen LogP) is 5.14. The molecule has 5 nitrogen and oxygen atoms in total. The van der Waals surface area contributed by atoms with Gasteiger partial charge in [0.25, 0.3) is 5.91 Å². The molecule has 0 aliphatic carbocycles. The van der Waals surface area contributed by atoms with Gasteiger partial charge in [0.05, 0.1) is 5.69 Å². The molecule has 1 aromatic carbocycles. The van der Waals surface area contributed by atoms with Crippen LogP contribution in [0.4, 0.5) is 0 Å². The van der Waals surface area contributed by atoms with Crippen LogP contribution in [0.1, 0.15) is 60.8 Å². The molecule has 0 bridgehead atoms. The van der Waals surface area contributed by atoms with E-state index in [2.05, 4.69) is 36.2 Å². The topological polar surface area (TPSA) is 49.6 Å². The Labute approximate surface area is 189 Å². The summed E-state index contributed by atoms with van der Waals surface area (Å²) in [4.78, 5) is 20.3. The van der Waals surface area contributed by atoms with Gasteiger partial charge in [-0.1, -0.05) is 43.6 Å². The molecule has 4 rings (SSSR count). The van der Waals surface area contributed by atoms with Gasteiger partial charge in [-0.15, -0.1) is 0 Å². The molecule has 164 valence electrons. The molecule has 1 aliphatic heterocycles. The molecule has 1 amide bonds. The van der Waals surface area contributed by atoms with Gasteiger partial charge in [-0.3, -0.25) is 14.1 Å². The number of carbonyl (C=O) groups is 1. The fourth-order valence-electron chi connectivity index (χ4n) is 4.44. The number of carbonyl (C=O) groups excluding carboxylic acids is 1. The van der Waals surface area contributed by atoms with Crippen LogP contribution >= 0.6 is 11.6 Å². The van der Waals surface area contributed by atoms with E-state index in [0.29, 0.717) is 18.2 Å². The molecule has 1 unspecified atom stereocenters. The molecule has 1 aliphatic rings. The molecule has 31 heavy (non-hydrogen) atoms. The van der Waals surface area contributed by atoms with E-state index in [4.69, 9.17) is 16.6 Å². The van der Waals surface area contributed by atoms with E-state index < -0.39 is 0 Å². The van der Waals surface area contributed by atoms with Gasteiger partial charge in [0.2, 0.25) is 0 Å². The van der Waals surface area contributed by atoms with E-state index in [1.807, 2.05) is 40.9 Å². The highest BCUT2D eigenvalue weighted by Crippen LogP contribution is 2.25. The number of pyridine rings is 1. The number of amides is 1. The number of aromatic nitrogens is 2. The minimum absolute atomic E-state index is 0.0709. The molecular weight excluding hydrogens is 408 g/mol. The van der Waals surface area contributed by atoms with Crippen molar-refractivity contribution in [3.05, 3.63) is 70.6 Å². The molecule has 1 atom stereocenters. The van der Waals surface area contributed by atoms with Crippen LogP contribution in [0.5, 0.6) is 0 Å². The Morgan fingerprint density at radius 3 is 2.58 bits per heavy atom. The zero-order chi connectivity index (χ0) is 21.8. The second-order valence-corrected chi connectivity index (χ2v) is 9.38. The van der Waals surface area contributed by atoms with E-state index in [1.54, 1.807) is 0 Å². The van der Waals surface area contributed by atoms with Crippen LogP contribution in [0.15, 0.2) is 48.7 Å². The van der Waals surface area contributed by atoms with E-state index in [9.17, 15) is 4.79 Å². The van der Waals surface area contributed by atoms with Crippen molar-refractivity contribution in [2.45, 2.75) is 45.6 Å². The maximum absolute atomic E-state index is 13.1. The Morgan fingerprint density at radius 2 is 1.87 bits per heavy atom. The van der Waals surface area contributed by atoms with Gasteiger partial charge in [0.15, 0.2) is 0 Å². The zero-order valence-electron chi connectivity index (χ0n) is 18.4. The van der Waals surface area contributed by atoms with Crippen LogP contribution in [0, 0.1) is 5.92 Å². The zero-order valence-corrected chi connectivity index (χ0v) is 19.1. The highest BCUT2D eigenvalue weighted by Gasteiger charge is 2.18. The Hall–Kier alpha value is -2.37. The number of benzene rings is 1. The highest BCUT2D eigenvalue weighted by atomic mass is 35.5. The van der Waals surface area contributed by atoms with Crippen LogP contribution in [0.3, 0.4) is 0 Å². The number of nitrogens with zero attached hydrogens (tertiary/aromatic N) is 3. The monoisotopic (exact) mass is 438 g/mol. The van der Waals surface area contributed by atoms with Crippen LogP contribution in [-0.2, 0) is 6.54 Å².